The van der Waals surface area contributed by atoms with Crippen LogP contribution >= 0.6 is 0 Å². The van der Waals surface area contributed by atoms with Crippen molar-refractivity contribution in [3.63, 3.8) is 0 Å². The van der Waals surface area contributed by atoms with Gasteiger partial charge >= 0.3 is 6.09 Å². The van der Waals surface area contributed by atoms with Crippen molar-refractivity contribution in [1.29, 1.82) is 0 Å². The molecule has 2 saturated heterocycles. The van der Waals surface area contributed by atoms with E-state index in [1.807, 2.05) is 9.80 Å². The third-order valence-corrected chi connectivity index (χ3v) is 3.79. The van der Waals surface area contributed by atoms with Gasteiger partial charge in [0.15, 0.2) is 0 Å². The third kappa shape index (κ3) is 2.94. The molecular formula is C13H22N2O3. The van der Waals surface area contributed by atoms with Gasteiger partial charge in [-0.25, -0.2) is 4.79 Å². The molecule has 0 aromatic heterocycles. The van der Waals surface area contributed by atoms with Gasteiger partial charge in [-0.15, -0.1) is 0 Å². The summed E-state index contributed by atoms with van der Waals surface area (Å²) in [5, 5.41) is 0. The highest BCUT2D eigenvalue weighted by molar-refractivity contribution is 5.76. The molecule has 0 atom stereocenters. The van der Waals surface area contributed by atoms with E-state index < -0.39 is 0 Å². The zero-order chi connectivity index (χ0) is 13.0. The van der Waals surface area contributed by atoms with Crippen LogP contribution in [0.5, 0.6) is 0 Å². The summed E-state index contributed by atoms with van der Waals surface area (Å²) in [6, 6.07) is 0.259. The molecule has 2 amide bonds. The Kier molecular flexibility index (Phi) is 4.44. The molecule has 0 radical (unpaired) electrons. The minimum absolute atomic E-state index is 0.189. The molecule has 0 aliphatic carbocycles. The zero-order valence-corrected chi connectivity index (χ0v) is 11.1. The summed E-state index contributed by atoms with van der Waals surface area (Å²) >= 11 is 0. The topological polar surface area (TPSA) is 49.9 Å². The minimum Gasteiger partial charge on any atom is -0.448 e. The van der Waals surface area contributed by atoms with E-state index in [9.17, 15) is 9.59 Å². The van der Waals surface area contributed by atoms with Crippen molar-refractivity contribution in [2.75, 3.05) is 26.2 Å². The summed E-state index contributed by atoms with van der Waals surface area (Å²) in [6.45, 7) is 4.86. The van der Waals surface area contributed by atoms with Crippen LogP contribution < -0.4 is 0 Å². The summed E-state index contributed by atoms with van der Waals surface area (Å²) in [4.78, 5) is 27.1. The lowest BCUT2D eigenvalue weighted by atomic mass is 10.0. The second kappa shape index (κ2) is 6.07. The van der Waals surface area contributed by atoms with E-state index in [-0.39, 0.29) is 18.0 Å². The quantitative estimate of drug-likeness (QED) is 0.766. The van der Waals surface area contributed by atoms with Crippen molar-refractivity contribution < 1.29 is 14.3 Å². The van der Waals surface area contributed by atoms with E-state index in [0.29, 0.717) is 19.6 Å². The highest BCUT2D eigenvalue weighted by Gasteiger charge is 2.32. The van der Waals surface area contributed by atoms with Crippen LogP contribution in [0.4, 0.5) is 4.79 Å². The summed E-state index contributed by atoms with van der Waals surface area (Å²) in [5.41, 5.74) is 0. The first-order valence-corrected chi connectivity index (χ1v) is 6.93. The van der Waals surface area contributed by atoms with Gasteiger partial charge in [0.05, 0.1) is 6.54 Å². The number of hydrogen-bond acceptors (Lipinski definition) is 3. The van der Waals surface area contributed by atoms with Gasteiger partial charge in [-0.1, -0.05) is 13.3 Å². The van der Waals surface area contributed by atoms with Gasteiger partial charge in [0.25, 0.3) is 0 Å². The van der Waals surface area contributed by atoms with Gasteiger partial charge in [-0.2, -0.15) is 0 Å². The summed E-state index contributed by atoms with van der Waals surface area (Å²) in [7, 11) is 0. The number of cyclic esters (lactones) is 1. The Bertz CT molecular complexity index is 311. The van der Waals surface area contributed by atoms with Crippen molar-refractivity contribution in [3.8, 4) is 0 Å². The lowest BCUT2D eigenvalue weighted by Crippen LogP contribution is -2.47. The van der Waals surface area contributed by atoms with Gasteiger partial charge in [0, 0.05) is 25.6 Å². The number of nitrogens with zero attached hydrogens (tertiary/aromatic N) is 2. The Labute approximate surface area is 108 Å². The molecule has 5 heteroatoms. The molecular weight excluding hydrogens is 232 g/mol. The number of rotatable bonds is 4. The van der Waals surface area contributed by atoms with Crippen molar-refractivity contribution in [2.24, 2.45) is 0 Å². The number of carbonyl (C=O) groups is 2. The van der Waals surface area contributed by atoms with Gasteiger partial charge < -0.3 is 14.5 Å². The van der Waals surface area contributed by atoms with E-state index in [1.165, 1.54) is 0 Å². The van der Waals surface area contributed by atoms with E-state index in [4.69, 9.17) is 4.74 Å². The number of hydrogen-bond donors (Lipinski definition) is 0. The van der Waals surface area contributed by atoms with E-state index in [0.717, 1.165) is 38.8 Å². The Morgan fingerprint density at radius 1 is 1.33 bits per heavy atom. The standard InChI is InChI=1S/C13H22N2O3/c1-2-3-4-12(16)14-7-5-11(6-8-14)15-9-10-18-13(15)17/h11H,2-10H2,1H3. The maximum atomic E-state index is 11.9. The monoisotopic (exact) mass is 254 g/mol. The van der Waals surface area contributed by atoms with Crippen LogP contribution in [-0.2, 0) is 9.53 Å². The van der Waals surface area contributed by atoms with Crippen LogP contribution in [0.25, 0.3) is 0 Å². The molecule has 5 nitrogen and oxygen atoms in total. The van der Waals surface area contributed by atoms with Crippen LogP contribution in [0.1, 0.15) is 39.0 Å². The third-order valence-electron chi connectivity index (χ3n) is 3.79. The van der Waals surface area contributed by atoms with Crippen molar-refractivity contribution in [1.82, 2.24) is 9.80 Å². The highest BCUT2D eigenvalue weighted by atomic mass is 16.6. The predicted octanol–water partition coefficient (Wildman–Crippen LogP) is 1.62. The number of ether oxygens (including phenoxy) is 1. The van der Waals surface area contributed by atoms with Gasteiger partial charge in [0.2, 0.25) is 5.91 Å². The molecule has 0 aromatic carbocycles. The average Bonchev–Trinajstić information content (AvgIpc) is 2.82. The van der Waals surface area contributed by atoms with E-state index >= 15 is 0 Å². The molecule has 2 aliphatic rings. The number of piperidine rings is 1. The number of amides is 2. The first kappa shape index (κ1) is 13.2. The van der Waals surface area contributed by atoms with Gasteiger partial charge in [-0.05, 0) is 19.3 Å². The van der Waals surface area contributed by atoms with Crippen LogP contribution in [-0.4, -0.2) is 54.1 Å². The molecule has 0 aromatic rings. The molecule has 0 saturated carbocycles. The van der Waals surface area contributed by atoms with Crippen LogP contribution in [0, 0.1) is 0 Å². The molecule has 0 bridgehead atoms. The van der Waals surface area contributed by atoms with Gasteiger partial charge in [0.1, 0.15) is 6.61 Å². The normalized spacial score (nSPS) is 21.3. The second-order valence-corrected chi connectivity index (χ2v) is 5.02. The summed E-state index contributed by atoms with van der Waals surface area (Å²) < 4.78 is 4.95. The molecule has 2 rings (SSSR count). The SMILES string of the molecule is CCCCC(=O)N1CCC(N2CCOC2=O)CC1. The maximum absolute atomic E-state index is 11.9. The molecule has 0 unspecified atom stereocenters. The number of likely N-dealkylation sites (tertiary alicyclic amines) is 1. The fourth-order valence-electron chi connectivity index (χ4n) is 2.65. The van der Waals surface area contributed by atoms with Crippen LogP contribution in [0.3, 0.4) is 0 Å². The molecule has 2 heterocycles. The lowest BCUT2D eigenvalue weighted by molar-refractivity contribution is -0.132. The number of carbonyl (C=O) groups excluding carboxylic acids is 2. The van der Waals surface area contributed by atoms with Crippen molar-refractivity contribution in [2.45, 2.75) is 45.1 Å². The molecule has 2 fully saturated rings. The smallest absolute Gasteiger partial charge is 0.410 e. The number of unbranched alkanes of at least 4 members (excludes halogenated alkanes) is 1. The molecule has 2 aliphatic heterocycles. The summed E-state index contributed by atoms with van der Waals surface area (Å²) in [6.07, 6.45) is 4.26. The highest BCUT2D eigenvalue weighted by Crippen LogP contribution is 2.20. The van der Waals surface area contributed by atoms with E-state index in [1.54, 1.807) is 0 Å². The minimum atomic E-state index is -0.189. The van der Waals surface area contributed by atoms with E-state index in [2.05, 4.69) is 6.92 Å². The van der Waals surface area contributed by atoms with Crippen LogP contribution in [0.15, 0.2) is 0 Å². The molecule has 0 spiro atoms. The first-order valence-electron chi connectivity index (χ1n) is 6.93. The average molecular weight is 254 g/mol. The first-order chi connectivity index (χ1) is 8.72. The van der Waals surface area contributed by atoms with Crippen molar-refractivity contribution in [3.05, 3.63) is 0 Å². The lowest BCUT2D eigenvalue weighted by Gasteiger charge is -2.35. The molecule has 18 heavy (non-hydrogen) atoms. The molecule has 102 valence electrons. The van der Waals surface area contributed by atoms with Crippen molar-refractivity contribution >= 4 is 12.0 Å². The fourth-order valence-corrected chi connectivity index (χ4v) is 2.65. The summed E-state index contributed by atoms with van der Waals surface area (Å²) in [5.74, 6) is 0.263. The second-order valence-electron chi connectivity index (χ2n) is 5.02. The Hall–Kier alpha value is -1.26. The maximum Gasteiger partial charge on any atom is 0.410 e. The Balaban J connectivity index is 1.77. The zero-order valence-electron chi connectivity index (χ0n) is 11.1. The predicted molar refractivity (Wildman–Crippen MR) is 67.2 cm³/mol. The van der Waals surface area contributed by atoms with Crippen LogP contribution in [0.2, 0.25) is 0 Å². The Morgan fingerprint density at radius 3 is 2.61 bits per heavy atom. The largest absolute Gasteiger partial charge is 0.448 e. The molecule has 0 N–H and O–H groups in total. The van der Waals surface area contributed by atoms with Gasteiger partial charge in [-0.3, -0.25) is 4.79 Å². The Morgan fingerprint density at radius 2 is 2.06 bits per heavy atom. The fraction of sp³-hybridized carbons (Fsp3) is 0.846.